The molecular formula is C96H98ClF13N12O15. The van der Waals surface area contributed by atoms with Gasteiger partial charge in [0.25, 0.3) is 11.8 Å². The monoisotopic (exact) mass is 1940 g/mol. The lowest BCUT2D eigenvalue weighted by molar-refractivity contribution is -0.143. The minimum Gasteiger partial charge on any atom is -0.496 e. The van der Waals surface area contributed by atoms with E-state index in [2.05, 4.69) is 24.9 Å². The van der Waals surface area contributed by atoms with Crippen LogP contribution in [0.2, 0.25) is 5.02 Å². The van der Waals surface area contributed by atoms with Gasteiger partial charge in [0.2, 0.25) is 17.8 Å². The van der Waals surface area contributed by atoms with Crippen molar-refractivity contribution in [3.63, 3.8) is 0 Å². The van der Waals surface area contributed by atoms with Crippen molar-refractivity contribution in [2.75, 3.05) is 75.3 Å². The molecule has 6 saturated heterocycles. The molecule has 730 valence electrons. The van der Waals surface area contributed by atoms with E-state index in [1.54, 1.807) is 97.3 Å². The maximum absolute atomic E-state index is 13.8. The summed E-state index contributed by atoms with van der Waals surface area (Å²) < 4.78 is 211. The molecule has 7 aliphatic rings. The van der Waals surface area contributed by atoms with Crippen molar-refractivity contribution in [1.82, 2.24) is 44.6 Å². The molecule has 9 aromatic rings. The first-order valence-electron chi connectivity index (χ1n) is 43.9. The van der Waals surface area contributed by atoms with Crippen LogP contribution in [0.4, 0.5) is 89.3 Å². The standard InChI is InChI=1S/C34H36ClF3N4O5.2C31H31F5N4O5/c1-18-10-23(12-24(11-18)34(36,37)38)30-19(2)42(33(45)47-30)17-29-27(14-39-32(40-29)41-15-25(16-41)46-3)26-13-22(8-9-28(26)35)20-4-6-21(7-5-20)31(43)44;2*1-16-9-20(12-21(10-16)31(34,35)36)27-18(3)40(29(43)45-27)13-23-26(17(2)37-28(38-23)39-14-30(32,33)15-39)22-11-19(6-8-25(41)42)5-7-24(22)44-4/h8-14,19-21,25,30H,4-7,15-17H2,1-3H3,(H,43,44);2*5,7,9-12,18,27H,6,8,13-15H2,1-4H3,(H,41,42)/t19-,20?,21?,30-;2*18-,27-/m000/s1. The van der Waals surface area contributed by atoms with Gasteiger partial charge in [-0.05, 0) is 206 Å². The fourth-order valence-corrected chi connectivity index (χ4v) is 18.4. The van der Waals surface area contributed by atoms with Crippen LogP contribution in [0.5, 0.6) is 11.5 Å². The maximum Gasteiger partial charge on any atom is 0.416 e. The van der Waals surface area contributed by atoms with E-state index in [4.69, 9.17) is 45.0 Å². The Bertz CT molecular complexity index is 5860. The number of carbonyl (C=O) groups is 6. The summed E-state index contributed by atoms with van der Waals surface area (Å²) in [6, 6.07) is 24.6. The van der Waals surface area contributed by atoms with Gasteiger partial charge in [0.05, 0.1) is 135 Å². The molecule has 7 fully saturated rings. The van der Waals surface area contributed by atoms with Crippen LogP contribution in [0, 0.1) is 40.5 Å². The summed E-state index contributed by atoms with van der Waals surface area (Å²) in [5, 5.41) is 28.2. The number of rotatable bonds is 26. The number of benzene rings is 6. The quantitative estimate of drug-likeness (QED) is 0.0335. The van der Waals surface area contributed by atoms with Crippen LogP contribution >= 0.6 is 11.6 Å². The highest BCUT2D eigenvalue weighted by Crippen LogP contribution is 2.48. The third-order valence-corrected chi connectivity index (χ3v) is 25.8. The molecule has 0 unspecified atom stereocenters. The van der Waals surface area contributed by atoms with Gasteiger partial charge < -0.3 is 58.4 Å². The molecule has 0 radical (unpaired) electrons. The summed E-state index contributed by atoms with van der Waals surface area (Å²) in [5.74, 6) is -7.36. The fraction of sp³-hybridized carbons (Fsp3) is 0.438. The van der Waals surface area contributed by atoms with Crippen molar-refractivity contribution in [2.45, 2.75) is 205 Å². The van der Waals surface area contributed by atoms with Gasteiger partial charge in [-0.3, -0.25) is 29.1 Å². The highest BCUT2D eigenvalue weighted by atomic mass is 35.5. The SMILES string of the molecule is COC1CN(c2ncc(-c3cc(C4CCC(C(=O)O)CC4)ccc3Cl)c(CN3C(=O)O[C@H](c4cc(C)cc(C(F)(F)F)c4)[C@@H]3C)n2)C1.COc1ccc(CCC(=O)O)cc1-c1c(C)nc(N2CC(F)(F)C2)nc1CN1C(=O)O[C@H](c2cc(C)cc(C(F)(F)F)c2)[C@@H]1C.COc1ccc(CCC(=O)O)cc1-c1c(C)nc(N2CC(F)(F)C2)nc1CN1C(=O)O[C@H](c2cc(C)cc(C(F)(F)F)c2)[C@@H]1C. The van der Waals surface area contributed by atoms with E-state index in [9.17, 15) is 101 Å². The maximum atomic E-state index is 13.8. The van der Waals surface area contributed by atoms with Crippen molar-refractivity contribution in [3.05, 3.63) is 216 Å². The number of aliphatic carboxylic acids is 3. The van der Waals surface area contributed by atoms with Gasteiger partial charge in [0, 0.05) is 77.6 Å². The number of aryl methyl sites for hydroxylation is 7. The van der Waals surface area contributed by atoms with E-state index >= 15 is 0 Å². The summed E-state index contributed by atoms with van der Waals surface area (Å²) in [4.78, 5) is 110. The molecule has 1 saturated carbocycles. The molecule has 0 bridgehead atoms. The molecule has 16 rings (SSSR count). The van der Waals surface area contributed by atoms with Crippen LogP contribution in [0.25, 0.3) is 33.4 Å². The average Bonchev–Trinajstić information content (AvgIpc) is 1.71. The average molecular weight is 1940 g/mol. The van der Waals surface area contributed by atoms with E-state index in [1.807, 2.05) is 23.1 Å². The number of halogens is 14. The molecule has 41 heteroatoms. The predicted molar refractivity (Wildman–Crippen MR) is 473 cm³/mol. The molecule has 3 amide bonds. The number of ether oxygens (including phenoxy) is 6. The van der Waals surface area contributed by atoms with Gasteiger partial charge in [0.15, 0.2) is 0 Å². The number of carboxylic acids is 3. The lowest BCUT2D eigenvalue weighted by Crippen LogP contribution is -2.57. The Balaban J connectivity index is 0.000000164. The molecule has 6 atom stereocenters. The Morgan fingerprint density at radius 2 is 0.839 bits per heavy atom. The molecule has 9 heterocycles. The second kappa shape index (κ2) is 39.7. The molecule has 6 aromatic carbocycles. The smallest absolute Gasteiger partial charge is 0.416 e. The van der Waals surface area contributed by atoms with Crippen LogP contribution in [0.3, 0.4) is 0 Å². The Kier molecular flexibility index (Phi) is 29.0. The third-order valence-electron chi connectivity index (χ3n) is 25.4. The number of anilines is 3. The van der Waals surface area contributed by atoms with Crippen molar-refractivity contribution >= 4 is 65.6 Å². The zero-order valence-electron chi connectivity index (χ0n) is 76.1. The van der Waals surface area contributed by atoms with Gasteiger partial charge >= 0.3 is 54.7 Å². The van der Waals surface area contributed by atoms with Gasteiger partial charge in [-0.1, -0.05) is 64.7 Å². The summed E-state index contributed by atoms with van der Waals surface area (Å²) in [6.07, 6.45) is -14.3. The molecular weight excluding hydrogens is 1840 g/mol. The number of methoxy groups -OCH3 is 3. The van der Waals surface area contributed by atoms with Gasteiger partial charge in [-0.25, -0.2) is 61.8 Å². The van der Waals surface area contributed by atoms with Gasteiger partial charge in [0.1, 0.15) is 29.8 Å². The van der Waals surface area contributed by atoms with E-state index in [-0.39, 0.29) is 103 Å². The van der Waals surface area contributed by atoms with Gasteiger partial charge in [-0.15, -0.1) is 0 Å². The Labute approximate surface area is 783 Å². The highest BCUT2D eigenvalue weighted by molar-refractivity contribution is 6.33. The van der Waals surface area contributed by atoms with Crippen LogP contribution in [0.15, 0.2) is 115 Å². The number of aromatic nitrogens is 6. The topological polar surface area (TPSA) is 315 Å². The first kappa shape index (κ1) is 100. The number of hydrogen-bond acceptors (Lipinski definition) is 21. The number of carbonyl (C=O) groups excluding carboxylic acids is 3. The Morgan fingerprint density at radius 3 is 1.19 bits per heavy atom. The molecule has 0 spiro atoms. The highest BCUT2D eigenvalue weighted by Gasteiger charge is 2.50. The van der Waals surface area contributed by atoms with Crippen molar-refractivity contribution < 1.29 is 130 Å². The van der Waals surface area contributed by atoms with E-state index in [1.165, 1.54) is 64.7 Å². The molecule has 6 aliphatic heterocycles. The van der Waals surface area contributed by atoms with Gasteiger partial charge in [-0.2, -0.15) is 39.5 Å². The molecule has 3 aromatic heterocycles. The summed E-state index contributed by atoms with van der Waals surface area (Å²) in [5.41, 5.74) is 6.61. The Morgan fingerprint density at radius 1 is 0.460 bits per heavy atom. The van der Waals surface area contributed by atoms with Crippen molar-refractivity contribution in [2.24, 2.45) is 5.92 Å². The van der Waals surface area contributed by atoms with E-state index in [0.29, 0.717) is 127 Å². The number of amides is 3. The summed E-state index contributed by atoms with van der Waals surface area (Å²) >= 11 is 6.77. The first-order valence-corrected chi connectivity index (χ1v) is 44.3. The van der Waals surface area contributed by atoms with Crippen LogP contribution in [-0.4, -0.2) is 193 Å². The normalized spacial score (nSPS) is 20.8. The lowest BCUT2D eigenvalue weighted by atomic mass is 9.78. The minimum absolute atomic E-state index is 0.00508. The summed E-state index contributed by atoms with van der Waals surface area (Å²) in [6.45, 7) is 11.5. The number of alkyl halides is 13. The first-order chi connectivity index (χ1) is 64.4. The number of hydrogen-bond donors (Lipinski definition) is 3. The second-order valence-corrected chi connectivity index (χ2v) is 35.9. The number of cyclic esters (lactones) is 3. The van der Waals surface area contributed by atoms with Crippen molar-refractivity contribution in [1.29, 1.82) is 0 Å². The van der Waals surface area contributed by atoms with E-state index < -0.39 is 146 Å². The predicted octanol–water partition coefficient (Wildman–Crippen LogP) is 20.1. The Hall–Kier alpha value is -12.9. The largest absolute Gasteiger partial charge is 0.496 e. The zero-order valence-corrected chi connectivity index (χ0v) is 76.8. The van der Waals surface area contributed by atoms with Crippen LogP contribution in [-0.2, 0) is 84.3 Å². The second-order valence-electron chi connectivity index (χ2n) is 35.5. The van der Waals surface area contributed by atoms with Crippen LogP contribution < -0.4 is 24.2 Å². The third kappa shape index (κ3) is 22.5. The van der Waals surface area contributed by atoms with Crippen LogP contribution in [0.1, 0.15) is 179 Å². The lowest BCUT2D eigenvalue weighted by Gasteiger charge is -2.39. The molecule has 137 heavy (non-hydrogen) atoms. The summed E-state index contributed by atoms with van der Waals surface area (Å²) in [7, 11) is 4.54. The van der Waals surface area contributed by atoms with Crippen molar-refractivity contribution in [3.8, 4) is 44.9 Å². The number of nitrogens with zero attached hydrogens (tertiary/aromatic N) is 12. The number of carboxylic acid groups (broad SMARTS) is 3. The zero-order chi connectivity index (χ0) is 99.3. The van der Waals surface area contributed by atoms with E-state index in [0.717, 1.165) is 54.8 Å². The molecule has 1 aliphatic carbocycles. The molecule has 27 nitrogen and oxygen atoms in total. The fourth-order valence-electron chi connectivity index (χ4n) is 18.2. The molecule has 3 N–H and O–H groups in total. The minimum atomic E-state index is -4.60.